The summed E-state index contributed by atoms with van der Waals surface area (Å²) in [7, 11) is 0. The second-order valence-electron chi connectivity index (χ2n) is 6.13. The Balaban J connectivity index is 1.56. The summed E-state index contributed by atoms with van der Waals surface area (Å²) in [4.78, 5) is 4.61. The highest BCUT2D eigenvalue weighted by Gasteiger charge is 2.12. The van der Waals surface area contributed by atoms with Crippen LogP contribution in [0.2, 0.25) is 5.15 Å². The molecule has 0 saturated heterocycles. The van der Waals surface area contributed by atoms with Crippen LogP contribution in [0.1, 0.15) is 22.5 Å². The molecule has 7 heteroatoms. The fraction of sp³-hybridized carbons (Fsp3) is 0.211. The van der Waals surface area contributed by atoms with Gasteiger partial charge in [0.25, 0.3) is 0 Å². The molecular formula is C19H17ClN4OS. The van der Waals surface area contributed by atoms with Gasteiger partial charge in [-0.25, -0.2) is 4.98 Å². The molecule has 4 rings (SSSR count). The van der Waals surface area contributed by atoms with Gasteiger partial charge in [-0.3, -0.25) is 0 Å². The lowest BCUT2D eigenvalue weighted by molar-refractivity contribution is 0.484. The van der Waals surface area contributed by atoms with E-state index in [0.717, 1.165) is 27.4 Å². The maximum Gasteiger partial charge on any atom is 0.191 e. The Bertz CT molecular complexity index is 1060. The zero-order chi connectivity index (χ0) is 18.1. The van der Waals surface area contributed by atoms with Crippen LogP contribution in [0.15, 0.2) is 52.5 Å². The molecule has 0 amide bonds. The number of nitrogens with zero attached hydrogens (tertiary/aromatic N) is 4. The number of fused-ring (bicyclic) bond motifs is 1. The highest BCUT2D eigenvalue weighted by molar-refractivity contribution is 7.98. The minimum atomic E-state index is 0.538. The van der Waals surface area contributed by atoms with Gasteiger partial charge < -0.3 is 8.98 Å². The van der Waals surface area contributed by atoms with E-state index in [9.17, 15) is 0 Å². The largest absolute Gasteiger partial charge is 0.467 e. The Morgan fingerprint density at radius 3 is 2.92 bits per heavy atom. The van der Waals surface area contributed by atoms with Gasteiger partial charge in [0.05, 0.1) is 18.3 Å². The predicted octanol–water partition coefficient (Wildman–Crippen LogP) is 5.03. The number of rotatable bonds is 5. The number of thioether (sulfide) groups is 1. The number of hydrogen-bond donors (Lipinski definition) is 0. The predicted molar refractivity (Wildman–Crippen MR) is 104 cm³/mol. The van der Waals surface area contributed by atoms with E-state index < -0.39 is 0 Å². The summed E-state index contributed by atoms with van der Waals surface area (Å²) in [5.74, 6) is 1.54. The van der Waals surface area contributed by atoms with E-state index in [1.54, 1.807) is 24.4 Å². The molecule has 0 aliphatic heterocycles. The molecule has 0 aliphatic carbocycles. The van der Waals surface area contributed by atoms with Gasteiger partial charge in [-0.1, -0.05) is 35.5 Å². The number of pyridine rings is 1. The van der Waals surface area contributed by atoms with E-state index >= 15 is 0 Å². The van der Waals surface area contributed by atoms with Crippen LogP contribution in [0.25, 0.3) is 10.9 Å². The smallest absolute Gasteiger partial charge is 0.191 e. The number of halogens is 1. The van der Waals surface area contributed by atoms with E-state index in [4.69, 9.17) is 16.0 Å². The molecule has 3 aromatic heterocycles. The molecule has 0 fully saturated rings. The summed E-state index contributed by atoms with van der Waals surface area (Å²) in [6.45, 7) is 4.76. The number of benzene rings is 1. The molecule has 4 aromatic rings. The van der Waals surface area contributed by atoms with Crippen LogP contribution < -0.4 is 0 Å². The fourth-order valence-electron chi connectivity index (χ4n) is 2.78. The summed E-state index contributed by atoms with van der Waals surface area (Å²) in [6.07, 6.45) is 3.37. The van der Waals surface area contributed by atoms with Crippen LogP contribution in [-0.4, -0.2) is 19.7 Å². The van der Waals surface area contributed by atoms with Crippen molar-refractivity contribution in [1.82, 2.24) is 19.7 Å². The third kappa shape index (κ3) is 3.34. The zero-order valence-electron chi connectivity index (χ0n) is 14.4. The van der Waals surface area contributed by atoms with E-state index in [1.807, 2.05) is 16.7 Å². The van der Waals surface area contributed by atoms with Crippen molar-refractivity contribution in [1.29, 1.82) is 0 Å². The first kappa shape index (κ1) is 17.1. The molecule has 0 atom stereocenters. The van der Waals surface area contributed by atoms with Crippen molar-refractivity contribution < 1.29 is 4.42 Å². The van der Waals surface area contributed by atoms with Crippen LogP contribution in [0.5, 0.6) is 0 Å². The lowest BCUT2D eigenvalue weighted by Gasteiger charge is -2.09. The molecule has 0 N–H and O–H groups in total. The SMILES string of the molecule is Cc1ccc2cc(CSc3nncn3Cc3ccco3)c(Cl)nc2c1C. The molecule has 0 radical (unpaired) electrons. The molecular weight excluding hydrogens is 368 g/mol. The monoisotopic (exact) mass is 384 g/mol. The minimum Gasteiger partial charge on any atom is -0.467 e. The maximum absolute atomic E-state index is 6.44. The van der Waals surface area contributed by atoms with Crippen LogP contribution in [0.4, 0.5) is 0 Å². The van der Waals surface area contributed by atoms with Gasteiger partial charge in [-0.2, -0.15) is 0 Å². The van der Waals surface area contributed by atoms with Crippen molar-refractivity contribution in [3.8, 4) is 0 Å². The Morgan fingerprint density at radius 1 is 1.23 bits per heavy atom. The normalized spacial score (nSPS) is 11.3. The summed E-state index contributed by atoms with van der Waals surface area (Å²) < 4.78 is 7.35. The average molecular weight is 385 g/mol. The standard InChI is InChI=1S/C19H17ClN4OS/c1-12-5-6-14-8-15(18(20)22-17(14)13(12)2)10-26-19-23-21-11-24(19)9-16-4-3-7-25-16/h3-8,11H,9-10H2,1-2H3. The van der Waals surface area contributed by atoms with Crippen LogP contribution in [0.3, 0.4) is 0 Å². The first-order valence-corrected chi connectivity index (χ1v) is 9.56. The fourth-order valence-corrected chi connectivity index (χ4v) is 3.95. The van der Waals surface area contributed by atoms with Crippen molar-refractivity contribution >= 4 is 34.3 Å². The first-order chi connectivity index (χ1) is 12.6. The average Bonchev–Trinajstić information content (AvgIpc) is 3.30. The number of aryl methyl sites for hydroxylation is 2. The molecule has 132 valence electrons. The molecule has 0 saturated carbocycles. The first-order valence-electron chi connectivity index (χ1n) is 8.20. The van der Waals surface area contributed by atoms with Gasteiger partial charge in [0, 0.05) is 16.7 Å². The molecule has 1 aromatic carbocycles. The maximum atomic E-state index is 6.44. The lowest BCUT2D eigenvalue weighted by Crippen LogP contribution is -1.99. The van der Waals surface area contributed by atoms with Gasteiger partial charge in [0.1, 0.15) is 17.2 Å². The Kier molecular flexibility index (Phi) is 4.70. The van der Waals surface area contributed by atoms with E-state index in [1.165, 1.54) is 11.1 Å². The Labute approximate surface area is 160 Å². The number of furan rings is 1. The molecule has 0 aliphatic rings. The highest BCUT2D eigenvalue weighted by atomic mass is 35.5. The van der Waals surface area contributed by atoms with Crippen LogP contribution in [0, 0.1) is 13.8 Å². The van der Waals surface area contributed by atoms with E-state index in [-0.39, 0.29) is 0 Å². The number of hydrogen-bond acceptors (Lipinski definition) is 5. The Hall–Kier alpha value is -2.31. The molecule has 0 unspecified atom stereocenters. The summed E-state index contributed by atoms with van der Waals surface area (Å²) in [6, 6.07) is 10.1. The zero-order valence-corrected chi connectivity index (χ0v) is 16.0. The van der Waals surface area contributed by atoms with Crippen molar-refractivity contribution in [2.24, 2.45) is 0 Å². The van der Waals surface area contributed by atoms with Gasteiger partial charge in [0.15, 0.2) is 5.16 Å². The van der Waals surface area contributed by atoms with Crippen molar-refractivity contribution in [2.45, 2.75) is 31.3 Å². The highest BCUT2D eigenvalue weighted by Crippen LogP contribution is 2.29. The second kappa shape index (κ2) is 7.13. The third-order valence-corrected chi connectivity index (χ3v) is 5.74. The summed E-state index contributed by atoms with van der Waals surface area (Å²) in [5.41, 5.74) is 4.33. The summed E-state index contributed by atoms with van der Waals surface area (Å²) >= 11 is 8.02. The van der Waals surface area contributed by atoms with Crippen LogP contribution >= 0.6 is 23.4 Å². The lowest BCUT2D eigenvalue weighted by atomic mass is 10.0. The number of aromatic nitrogens is 4. The third-order valence-electron chi connectivity index (χ3n) is 4.38. The van der Waals surface area contributed by atoms with Crippen molar-refractivity contribution in [2.75, 3.05) is 0 Å². The summed E-state index contributed by atoms with van der Waals surface area (Å²) in [5, 5.41) is 10.7. The minimum absolute atomic E-state index is 0.538. The topological polar surface area (TPSA) is 56.7 Å². The van der Waals surface area contributed by atoms with Crippen molar-refractivity contribution in [3.63, 3.8) is 0 Å². The van der Waals surface area contributed by atoms with Gasteiger partial charge in [-0.15, -0.1) is 10.2 Å². The van der Waals surface area contributed by atoms with Crippen molar-refractivity contribution in [3.05, 3.63) is 70.5 Å². The van der Waals surface area contributed by atoms with Gasteiger partial charge >= 0.3 is 0 Å². The second-order valence-corrected chi connectivity index (χ2v) is 7.43. The molecule has 3 heterocycles. The molecule has 0 spiro atoms. The van der Waals surface area contributed by atoms with E-state index in [2.05, 4.69) is 47.2 Å². The van der Waals surface area contributed by atoms with Gasteiger partial charge in [-0.05, 0) is 43.2 Å². The van der Waals surface area contributed by atoms with Gasteiger partial charge in [0.2, 0.25) is 0 Å². The van der Waals surface area contributed by atoms with E-state index in [0.29, 0.717) is 17.5 Å². The molecule has 0 bridgehead atoms. The molecule has 26 heavy (non-hydrogen) atoms. The quantitative estimate of drug-likeness (QED) is 0.356. The molecule has 5 nitrogen and oxygen atoms in total. The van der Waals surface area contributed by atoms with Crippen LogP contribution in [-0.2, 0) is 12.3 Å². The Morgan fingerprint density at radius 2 is 2.12 bits per heavy atom.